The molecule has 0 radical (unpaired) electrons. The summed E-state index contributed by atoms with van der Waals surface area (Å²) in [6, 6.07) is 3.01. The molecule has 0 aliphatic carbocycles. The van der Waals surface area contributed by atoms with Crippen LogP contribution in [0.3, 0.4) is 0 Å². The Morgan fingerprint density at radius 1 is 1.28 bits per heavy atom. The number of aromatic carboxylic acids is 1. The van der Waals surface area contributed by atoms with Crippen molar-refractivity contribution in [3.63, 3.8) is 0 Å². The maximum absolute atomic E-state index is 12.0. The molecule has 1 fully saturated rings. The molecule has 0 aromatic heterocycles. The van der Waals surface area contributed by atoms with Crippen LogP contribution in [-0.2, 0) is 9.59 Å². The number of methoxy groups -OCH3 is 2. The molecule has 1 aliphatic rings. The number of benzene rings is 1. The lowest BCUT2D eigenvalue weighted by atomic mass is 10.0. The van der Waals surface area contributed by atoms with Gasteiger partial charge in [0.1, 0.15) is 12.1 Å². The second-order valence-electron chi connectivity index (χ2n) is 4.65. The van der Waals surface area contributed by atoms with Crippen LogP contribution in [0.15, 0.2) is 22.0 Å². The number of carboxylic acids is 2. The second-order valence-corrected chi connectivity index (χ2v) is 5.68. The van der Waals surface area contributed by atoms with Gasteiger partial charge in [-0.25, -0.2) is 4.79 Å². The molecule has 132 valence electrons. The quantitative estimate of drug-likeness (QED) is 0.636. The van der Waals surface area contributed by atoms with Crippen molar-refractivity contribution in [3.05, 3.63) is 28.2 Å². The van der Waals surface area contributed by atoms with E-state index in [1.54, 1.807) is 0 Å². The van der Waals surface area contributed by atoms with Gasteiger partial charge in [0.2, 0.25) is 0 Å². The predicted octanol–water partition coefficient (Wildman–Crippen LogP) is 1.05. The van der Waals surface area contributed by atoms with Crippen molar-refractivity contribution in [3.8, 4) is 11.5 Å². The van der Waals surface area contributed by atoms with E-state index in [-0.39, 0.29) is 32.7 Å². The monoisotopic (exact) mass is 366 g/mol. The largest absolute Gasteiger partial charge is 0.493 e. The molecule has 0 atom stereocenters. The summed E-state index contributed by atoms with van der Waals surface area (Å²) in [6.07, 6.45) is 1.37. The van der Waals surface area contributed by atoms with Gasteiger partial charge in [-0.3, -0.25) is 14.6 Å². The Hall–Kier alpha value is -3.01. The standard InChI is InChI=1S/C15H14N2O7S/c1-23-8-4-3-7(11(14(21)22)12(8)24-2)5-9-13(20)17-15(25-9)16-6-10(18)19/h3-5H,6H2,1-2H3,(H,18,19)(H,21,22)(H,16,17,20)/b9-5-. The maximum atomic E-state index is 12.0. The predicted molar refractivity (Wildman–Crippen MR) is 90.2 cm³/mol. The molecule has 9 nitrogen and oxygen atoms in total. The van der Waals surface area contributed by atoms with Crippen molar-refractivity contribution in [2.45, 2.75) is 0 Å². The smallest absolute Gasteiger partial charge is 0.340 e. The highest BCUT2D eigenvalue weighted by Crippen LogP contribution is 2.36. The molecule has 3 N–H and O–H groups in total. The van der Waals surface area contributed by atoms with Crippen LogP contribution in [0.4, 0.5) is 0 Å². The second kappa shape index (κ2) is 7.71. The summed E-state index contributed by atoms with van der Waals surface area (Å²) in [5.74, 6) is -2.60. The van der Waals surface area contributed by atoms with Crippen LogP contribution in [0.5, 0.6) is 11.5 Å². The summed E-state index contributed by atoms with van der Waals surface area (Å²) in [7, 11) is 2.70. The Morgan fingerprint density at radius 3 is 2.56 bits per heavy atom. The third kappa shape index (κ3) is 4.10. The molecule has 1 saturated heterocycles. The fourth-order valence-corrected chi connectivity index (χ4v) is 2.88. The first kappa shape index (κ1) is 18.3. The molecule has 1 amide bonds. The Bertz CT molecular complexity index is 801. The number of ether oxygens (including phenoxy) is 2. The number of rotatable bonds is 6. The van der Waals surface area contributed by atoms with Crippen molar-refractivity contribution in [1.29, 1.82) is 0 Å². The Kier molecular flexibility index (Phi) is 5.65. The molecular weight excluding hydrogens is 352 g/mol. The van der Waals surface area contributed by atoms with E-state index in [1.165, 1.54) is 32.4 Å². The lowest BCUT2D eigenvalue weighted by Gasteiger charge is -2.12. The SMILES string of the molecule is COc1ccc(/C=C2\SC(=NCC(=O)O)NC2=O)c(C(=O)O)c1OC. The van der Waals surface area contributed by atoms with Crippen LogP contribution in [0.1, 0.15) is 15.9 Å². The maximum Gasteiger partial charge on any atom is 0.340 e. The Balaban J connectivity index is 2.44. The van der Waals surface area contributed by atoms with Gasteiger partial charge in [-0.15, -0.1) is 0 Å². The minimum absolute atomic E-state index is 0.0347. The molecule has 0 spiro atoms. The van der Waals surface area contributed by atoms with Gasteiger partial charge in [0.15, 0.2) is 16.7 Å². The fourth-order valence-electron chi connectivity index (χ4n) is 2.07. The number of aliphatic imine (C=N–C) groups is 1. The molecule has 25 heavy (non-hydrogen) atoms. The zero-order chi connectivity index (χ0) is 18.6. The third-order valence-electron chi connectivity index (χ3n) is 3.09. The van der Waals surface area contributed by atoms with Gasteiger partial charge in [0.05, 0.1) is 19.1 Å². The first-order valence-electron chi connectivity index (χ1n) is 6.82. The Morgan fingerprint density at radius 2 is 2.00 bits per heavy atom. The third-order valence-corrected chi connectivity index (χ3v) is 4.03. The lowest BCUT2D eigenvalue weighted by molar-refractivity contribution is -0.135. The van der Waals surface area contributed by atoms with Gasteiger partial charge in [0.25, 0.3) is 5.91 Å². The van der Waals surface area contributed by atoms with Crippen molar-refractivity contribution in [2.75, 3.05) is 20.8 Å². The molecule has 0 unspecified atom stereocenters. The van der Waals surface area contributed by atoms with Gasteiger partial charge in [-0.2, -0.15) is 0 Å². The van der Waals surface area contributed by atoms with Crippen molar-refractivity contribution < 1.29 is 34.1 Å². The zero-order valence-electron chi connectivity index (χ0n) is 13.2. The van der Waals surface area contributed by atoms with E-state index in [0.717, 1.165) is 11.8 Å². The molecule has 1 aromatic rings. The highest BCUT2D eigenvalue weighted by atomic mass is 32.2. The highest BCUT2D eigenvalue weighted by molar-refractivity contribution is 8.18. The van der Waals surface area contributed by atoms with Crippen LogP contribution in [0, 0.1) is 0 Å². The number of nitrogens with one attached hydrogen (secondary N) is 1. The number of amidine groups is 1. The van der Waals surface area contributed by atoms with Crippen LogP contribution in [0.25, 0.3) is 6.08 Å². The molecule has 0 bridgehead atoms. The first-order valence-corrected chi connectivity index (χ1v) is 7.64. The van der Waals surface area contributed by atoms with Crippen molar-refractivity contribution in [2.24, 2.45) is 4.99 Å². The minimum Gasteiger partial charge on any atom is -0.493 e. The highest BCUT2D eigenvalue weighted by Gasteiger charge is 2.26. The summed E-state index contributed by atoms with van der Waals surface area (Å²) >= 11 is 0.922. The molecule has 0 saturated carbocycles. The summed E-state index contributed by atoms with van der Waals surface area (Å²) in [6.45, 7) is -0.480. The average Bonchev–Trinajstić information content (AvgIpc) is 2.91. The summed E-state index contributed by atoms with van der Waals surface area (Å²) in [5.41, 5.74) is 0.0842. The normalized spacial score (nSPS) is 16.8. The Labute approximate surface area is 146 Å². The number of carbonyl (C=O) groups excluding carboxylic acids is 1. The lowest BCUT2D eigenvalue weighted by Crippen LogP contribution is -2.20. The van der Waals surface area contributed by atoms with E-state index < -0.39 is 24.4 Å². The van der Waals surface area contributed by atoms with Gasteiger partial charge in [-0.05, 0) is 29.5 Å². The topological polar surface area (TPSA) is 135 Å². The van der Waals surface area contributed by atoms with Crippen LogP contribution >= 0.6 is 11.8 Å². The molecule has 1 aliphatic heterocycles. The van der Waals surface area contributed by atoms with Gasteiger partial charge < -0.3 is 25.0 Å². The van der Waals surface area contributed by atoms with Gasteiger partial charge in [0, 0.05) is 0 Å². The molecule has 2 rings (SSSR count). The van der Waals surface area contributed by atoms with Gasteiger partial charge >= 0.3 is 11.9 Å². The molecular formula is C15H14N2O7S. The van der Waals surface area contributed by atoms with Crippen molar-refractivity contribution in [1.82, 2.24) is 5.32 Å². The van der Waals surface area contributed by atoms with E-state index in [9.17, 15) is 19.5 Å². The van der Waals surface area contributed by atoms with Crippen LogP contribution in [0.2, 0.25) is 0 Å². The number of hydrogen-bond acceptors (Lipinski definition) is 7. The van der Waals surface area contributed by atoms with E-state index in [4.69, 9.17) is 14.6 Å². The molecule has 1 heterocycles. The number of hydrogen-bond donors (Lipinski definition) is 3. The van der Waals surface area contributed by atoms with E-state index in [2.05, 4.69) is 10.3 Å². The first-order chi connectivity index (χ1) is 11.9. The number of aliphatic carboxylic acids is 1. The molecule has 1 aromatic carbocycles. The number of carboxylic acid groups (broad SMARTS) is 2. The van der Waals surface area contributed by atoms with Crippen molar-refractivity contribution >= 4 is 40.9 Å². The van der Waals surface area contributed by atoms with E-state index in [0.29, 0.717) is 0 Å². The van der Waals surface area contributed by atoms with E-state index in [1.807, 2.05) is 0 Å². The number of amides is 1. The number of nitrogens with zero attached hydrogens (tertiary/aromatic N) is 1. The minimum atomic E-state index is -1.24. The fraction of sp³-hybridized carbons (Fsp3) is 0.200. The number of carbonyl (C=O) groups is 3. The summed E-state index contributed by atoms with van der Waals surface area (Å²) in [5, 5.41) is 20.6. The van der Waals surface area contributed by atoms with Crippen LogP contribution in [-0.4, -0.2) is 54.0 Å². The zero-order valence-corrected chi connectivity index (χ0v) is 14.0. The van der Waals surface area contributed by atoms with Gasteiger partial charge in [-0.1, -0.05) is 6.07 Å². The summed E-state index contributed by atoms with van der Waals surface area (Å²) < 4.78 is 10.2. The van der Waals surface area contributed by atoms with Crippen LogP contribution < -0.4 is 14.8 Å². The molecule has 10 heteroatoms. The average molecular weight is 366 g/mol. The number of thioether (sulfide) groups is 1. The summed E-state index contributed by atoms with van der Waals surface area (Å²) in [4.78, 5) is 38.0. The van der Waals surface area contributed by atoms with E-state index >= 15 is 0 Å².